The molecule has 0 heterocycles. The average Bonchev–Trinajstić information content (AvgIpc) is 2.47. The SMILES string of the molecule is COc1ccc2cccc(-c3ccccc3)c2c1. The van der Waals surface area contributed by atoms with E-state index in [9.17, 15) is 0 Å². The molecule has 0 bridgehead atoms. The second kappa shape index (κ2) is 4.53. The van der Waals surface area contributed by atoms with Crippen molar-refractivity contribution in [2.75, 3.05) is 7.11 Å². The van der Waals surface area contributed by atoms with Crippen molar-refractivity contribution < 1.29 is 4.74 Å². The fourth-order valence-electron chi connectivity index (χ4n) is 2.25. The molecule has 0 saturated carbocycles. The first-order valence-electron chi connectivity index (χ1n) is 6.01. The van der Waals surface area contributed by atoms with E-state index in [1.165, 1.54) is 21.9 Å². The summed E-state index contributed by atoms with van der Waals surface area (Å²) in [5, 5.41) is 2.46. The van der Waals surface area contributed by atoms with Crippen LogP contribution in [0, 0.1) is 0 Å². The summed E-state index contributed by atoms with van der Waals surface area (Å²) >= 11 is 0. The molecule has 3 aromatic carbocycles. The Labute approximate surface area is 107 Å². The molecule has 0 fully saturated rings. The summed E-state index contributed by atoms with van der Waals surface area (Å²) < 4.78 is 5.31. The van der Waals surface area contributed by atoms with Crippen LogP contribution in [0.1, 0.15) is 0 Å². The molecule has 1 heteroatoms. The van der Waals surface area contributed by atoms with E-state index in [0.717, 1.165) is 5.75 Å². The zero-order chi connectivity index (χ0) is 12.4. The molecule has 0 spiro atoms. The van der Waals surface area contributed by atoms with Crippen LogP contribution in [-0.2, 0) is 0 Å². The van der Waals surface area contributed by atoms with E-state index in [4.69, 9.17) is 4.74 Å². The van der Waals surface area contributed by atoms with Crippen molar-refractivity contribution in [1.82, 2.24) is 0 Å². The summed E-state index contributed by atoms with van der Waals surface area (Å²) in [6, 6.07) is 23.0. The molecule has 0 aliphatic rings. The molecule has 0 aromatic heterocycles. The molecular formula is C17H14O. The highest BCUT2D eigenvalue weighted by atomic mass is 16.5. The normalized spacial score (nSPS) is 10.5. The van der Waals surface area contributed by atoms with Crippen molar-refractivity contribution in [3.05, 3.63) is 66.7 Å². The van der Waals surface area contributed by atoms with Crippen LogP contribution in [-0.4, -0.2) is 7.11 Å². The standard InChI is InChI=1S/C17H14O/c1-18-15-11-10-14-8-5-9-16(17(14)12-15)13-6-3-2-4-7-13/h2-12H,1H3. The van der Waals surface area contributed by atoms with E-state index in [2.05, 4.69) is 54.6 Å². The number of rotatable bonds is 2. The summed E-state index contributed by atoms with van der Waals surface area (Å²) in [4.78, 5) is 0. The maximum absolute atomic E-state index is 5.31. The van der Waals surface area contributed by atoms with Crippen molar-refractivity contribution in [2.24, 2.45) is 0 Å². The van der Waals surface area contributed by atoms with Crippen molar-refractivity contribution in [3.63, 3.8) is 0 Å². The Hall–Kier alpha value is -2.28. The molecule has 0 unspecified atom stereocenters. The largest absolute Gasteiger partial charge is 0.497 e. The first kappa shape index (κ1) is 10.8. The van der Waals surface area contributed by atoms with E-state index in [0.29, 0.717) is 0 Å². The van der Waals surface area contributed by atoms with Gasteiger partial charge in [0.15, 0.2) is 0 Å². The lowest BCUT2D eigenvalue weighted by Gasteiger charge is -2.08. The monoisotopic (exact) mass is 234 g/mol. The molecule has 1 nitrogen and oxygen atoms in total. The van der Waals surface area contributed by atoms with Gasteiger partial charge in [0.1, 0.15) is 5.75 Å². The van der Waals surface area contributed by atoms with Gasteiger partial charge < -0.3 is 4.74 Å². The maximum atomic E-state index is 5.31. The van der Waals surface area contributed by atoms with E-state index in [1.807, 2.05) is 12.1 Å². The van der Waals surface area contributed by atoms with Crippen molar-refractivity contribution >= 4 is 10.8 Å². The minimum Gasteiger partial charge on any atom is -0.497 e. The first-order valence-corrected chi connectivity index (χ1v) is 6.01. The molecule has 3 rings (SSSR count). The Morgan fingerprint density at radius 2 is 1.61 bits per heavy atom. The van der Waals surface area contributed by atoms with Gasteiger partial charge in [-0.1, -0.05) is 54.6 Å². The highest BCUT2D eigenvalue weighted by Gasteiger charge is 2.04. The minimum absolute atomic E-state index is 0.894. The van der Waals surface area contributed by atoms with E-state index in [-0.39, 0.29) is 0 Å². The predicted octanol–water partition coefficient (Wildman–Crippen LogP) is 4.52. The van der Waals surface area contributed by atoms with Crippen molar-refractivity contribution in [1.29, 1.82) is 0 Å². The highest BCUT2D eigenvalue weighted by Crippen LogP contribution is 2.30. The van der Waals surface area contributed by atoms with Gasteiger partial charge >= 0.3 is 0 Å². The van der Waals surface area contributed by atoms with Crippen LogP contribution in [0.5, 0.6) is 5.75 Å². The molecule has 0 atom stereocenters. The van der Waals surface area contributed by atoms with Gasteiger partial charge in [0.05, 0.1) is 7.11 Å². The smallest absolute Gasteiger partial charge is 0.119 e. The van der Waals surface area contributed by atoms with Crippen LogP contribution >= 0.6 is 0 Å². The van der Waals surface area contributed by atoms with E-state index in [1.54, 1.807) is 7.11 Å². The summed E-state index contributed by atoms with van der Waals surface area (Å²) in [6.07, 6.45) is 0. The molecule has 0 amide bonds. The molecule has 0 N–H and O–H groups in total. The number of hydrogen-bond donors (Lipinski definition) is 0. The Morgan fingerprint density at radius 1 is 0.778 bits per heavy atom. The Kier molecular flexibility index (Phi) is 2.73. The Bertz CT molecular complexity index is 672. The number of ether oxygens (including phenoxy) is 1. The van der Waals surface area contributed by atoms with Gasteiger partial charge in [-0.15, -0.1) is 0 Å². The molecule has 0 aliphatic heterocycles. The average molecular weight is 234 g/mol. The number of fused-ring (bicyclic) bond motifs is 1. The van der Waals surface area contributed by atoms with Crippen LogP contribution < -0.4 is 4.74 Å². The molecule has 88 valence electrons. The van der Waals surface area contributed by atoms with Gasteiger partial charge in [0.25, 0.3) is 0 Å². The summed E-state index contributed by atoms with van der Waals surface area (Å²) in [5.74, 6) is 0.894. The fraction of sp³-hybridized carbons (Fsp3) is 0.0588. The van der Waals surface area contributed by atoms with Crippen LogP contribution in [0.4, 0.5) is 0 Å². The lowest BCUT2D eigenvalue weighted by molar-refractivity contribution is 0.415. The molecule has 0 aliphatic carbocycles. The second-order valence-electron chi connectivity index (χ2n) is 4.26. The van der Waals surface area contributed by atoms with Crippen LogP contribution in [0.15, 0.2) is 66.7 Å². The highest BCUT2D eigenvalue weighted by molar-refractivity contribution is 5.97. The number of hydrogen-bond acceptors (Lipinski definition) is 1. The minimum atomic E-state index is 0.894. The third-order valence-corrected chi connectivity index (χ3v) is 3.17. The number of benzene rings is 3. The quantitative estimate of drug-likeness (QED) is 0.633. The van der Waals surface area contributed by atoms with Gasteiger partial charge in [0.2, 0.25) is 0 Å². The molecular weight excluding hydrogens is 220 g/mol. The predicted molar refractivity (Wildman–Crippen MR) is 75.9 cm³/mol. The van der Waals surface area contributed by atoms with Gasteiger partial charge in [-0.25, -0.2) is 0 Å². The summed E-state index contributed by atoms with van der Waals surface area (Å²) in [6.45, 7) is 0. The first-order chi connectivity index (χ1) is 8.88. The molecule has 0 saturated heterocycles. The van der Waals surface area contributed by atoms with Gasteiger partial charge in [-0.3, -0.25) is 0 Å². The lowest BCUT2D eigenvalue weighted by Crippen LogP contribution is -1.85. The van der Waals surface area contributed by atoms with Crippen LogP contribution in [0.2, 0.25) is 0 Å². The summed E-state index contributed by atoms with van der Waals surface area (Å²) in [7, 11) is 1.70. The number of methoxy groups -OCH3 is 1. The van der Waals surface area contributed by atoms with Crippen LogP contribution in [0.3, 0.4) is 0 Å². The molecule has 18 heavy (non-hydrogen) atoms. The summed E-state index contributed by atoms with van der Waals surface area (Å²) in [5.41, 5.74) is 2.48. The van der Waals surface area contributed by atoms with E-state index < -0.39 is 0 Å². The van der Waals surface area contributed by atoms with Gasteiger partial charge in [-0.2, -0.15) is 0 Å². The maximum Gasteiger partial charge on any atom is 0.119 e. The van der Waals surface area contributed by atoms with Crippen molar-refractivity contribution in [3.8, 4) is 16.9 Å². The third kappa shape index (κ3) is 1.84. The molecule has 0 radical (unpaired) electrons. The fourth-order valence-corrected chi connectivity index (χ4v) is 2.25. The van der Waals surface area contributed by atoms with Gasteiger partial charge in [0, 0.05) is 0 Å². The Morgan fingerprint density at radius 3 is 2.39 bits per heavy atom. The zero-order valence-corrected chi connectivity index (χ0v) is 10.3. The van der Waals surface area contributed by atoms with Crippen molar-refractivity contribution in [2.45, 2.75) is 0 Å². The topological polar surface area (TPSA) is 9.23 Å². The van der Waals surface area contributed by atoms with E-state index >= 15 is 0 Å². The third-order valence-electron chi connectivity index (χ3n) is 3.17. The second-order valence-corrected chi connectivity index (χ2v) is 4.26. The van der Waals surface area contributed by atoms with Gasteiger partial charge in [-0.05, 0) is 34.0 Å². The molecule has 3 aromatic rings. The Balaban J connectivity index is 2.29. The zero-order valence-electron chi connectivity index (χ0n) is 10.3. The van der Waals surface area contributed by atoms with Crippen LogP contribution in [0.25, 0.3) is 21.9 Å². The lowest BCUT2D eigenvalue weighted by atomic mass is 9.98.